The molecule has 3 N–H and O–H groups in total. The minimum absolute atomic E-state index is 0.0130. The summed E-state index contributed by atoms with van der Waals surface area (Å²) in [6.07, 6.45) is 7.26. The van der Waals surface area contributed by atoms with Crippen LogP contribution in [-0.2, 0) is 22.4 Å². The van der Waals surface area contributed by atoms with Crippen LogP contribution in [0.4, 0.5) is 0 Å². The standard InChI is InChI=1S/C28H35BrClN5O2/c29-22-13-21-2-1-20-14-23(30)3-4-24(20)27(26(21)32-17-22)35-11-7-19(8-12-35)28(37)33-16-18-5-9-34(10-6-18)25(36)15-31/h3-4,13-14,17-19,27H,1-2,5-12,15-16,31H2,(H,33,37). The molecule has 3 aliphatic rings. The van der Waals surface area contributed by atoms with Gasteiger partial charge in [-0.15, -0.1) is 0 Å². The highest BCUT2D eigenvalue weighted by molar-refractivity contribution is 9.10. The molecule has 198 valence electrons. The van der Waals surface area contributed by atoms with Gasteiger partial charge in [-0.2, -0.15) is 0 Å². The molecule has 37 heavy (non-hydrogen) atoms. The molecule has 3 heterocycles. The Labute approximate surface area is 232 Å². The van der Waals surface area contributed by atoms with E-state index in [0.717, 1.165) is 79.9 Å². The normalized spacial score (nSPS) is 21.2. The van der Waals surface area contributed by atoms with Gasteiger partial charge >= 0.3 is 0 Å². The SMILES string of the molecule is NCC(=O)N1CCC(CNC(=O)C2CCN(C3c4ccc(Cl)cc4CCc4cc(Br)cnc43)CC2)CC1. The third-order valence-electron chi connectivity index (χ3n) is 8.26. The van der Waals surface area contributed by atoms with E-state index in [-0.39, 0.29) is 30.3 Å². The van der Waals surface area contributed by atoms with Gasteiger partial charge in [0, 0.05) is 41.2 Å². The summed E-state index contributed by atoms with van der Waals surface area (Å²) in [4.78, 5) is 34.0. The van der Waals surface area contributed by atoms with Crippen molar-refractivity contribution in [2.75, 3.05) is 39.3 Å². The van der Waals surface area contributed by atoms with Crippen LogP contribution in [0.5, 0.6) is 0 Å². The molecule has 9 heteroatoms. The van der Waals surface area contributed by atoms with Gasteiger partial charge in [-0.05, 0) is 108 Å². The van der Waals surface area contributed by atoms with Gasteiger partial charge in [0.1, 0.15) is 0 Å². The summed E-state index contributed by atoms with van der Waals surface area (Å²) in [7, 11) is 0. The Morgan fingerprint density at radius 2 is 1.78 bits per heavy atom. The summed E-state index contributed by atoms with van der Waals surface area (Å²) in [6, 6.07) is 8.50. The summed E-state index contributed by atoms with van der Waals surface area (Å²) in [5.74, 6) is 0.625. The van der Waals surface area contributed by atoms with Crippen molar-refractivity contribution in [1.82, 2.24) is 20.1 Å². The molecule has 1 aromatic carbocycles. The molecular weight excluding hydrogens is 554 g/mol. The maximum Gasteiger partial charge on any atom is 0.236 e. The Morgan fingerprint density at radius 1 is 1.05 bits per heavy atom. The topological polar surface area (TPSA) is 91.6 Å². The molecule has 1 unspecified atom stereocenters. The Morgan fingerprint density at radius 3 is 2.51 bits per heavy atom. The van der Waals surface area contributed by atoms with Gasteiger partial charge in [0.25, 0.3) is 0 Å². The molecular formula is C28H35BrClN5O2. The van der Waals surface area contributed by atoms with Crippen molar-refractivity contribution >= 4 is 39.3 Å². The van der Waals surface area contributed by atoms with Gasteiger partial charge in [0.15, 0.2) is 0 Å². The molecule has 1 aromatic heterocycles. The predicted octanol–water partition coefficient (Wildman–Crippen LogP) is 3.71. The Balaban J connectivity index is 1.21. The predicted molar refractivity (Wildman–Crippen MR) is 148 cm³/mol. The average Bonchev–Trinajstić information content (AvgIpc) is 3.07. The molecule has 1 atom stereocenters. The van der Waals surface area contributed by atoms with Crippen LogP contribution >= 0.6 is 27.5 Å². The number of fused-ring (bicyclic) bond motifs is 2. The van der Waals surface area contributed by atoms with Crippen molar-refractivity contribution in [1.29, 1.82) is 0 Å². The van der Waals surface area contributed by atoms with Crippen LogP contribution in [0.2, 0.25) is 5.02 Å². The van der Waals surface area contributed by atoms with Crippen LogP contribution in [-0.4, -0.2) is 65.9 Å². The van der Waals surface area contributed by atoms with Gasteiger partial charge in [0.05, 0.1) is 18.3 Å². The summed E-state index contributed by atoms with van der Waals surface area (Å²) >= 11 is 9.96. The number of aromatic nitrogens is 1. The number of nitrogens with one attached hydrogen (secondary N) is 1. The number of nitrogens with zero attached hydrogens (tertiary/aromatic N) is 3. The van der Waals surface area contributed by atoms with Gasteiger partial charge in [-0.3, -0.25) is 19.5 Å². The van der Waals surface area contributed by atoms with Crippen molar-refractivity contribution < 1.29 is 9.59 Å². The number of benzene rings is 1. The lowest BCUT2D eigenvalue weighted by Gasteiger charge is -2.38. The van der Waals surface area contributed by atoms with Crippen LogP contribution in [0.15, 0.2) is 34.9 Å². The van der Waals surface area contributed by atoms with Crippen LogP contribution in [0.1, 0.15) is 54.1 Å². The quantitative estimate of drug-likeness (QED) is 0.556. The van der Waals surface area contributed by atoms with E-state index in [1.165, 1.54) is 16.7 Å². The summed E-state index contributed by atoms with van der Waals surface area (Å²) in [5.41, 5.74) is 10.4. The highest BCUT2D eigenvalue weighted by Crippen LogP contribution is 2.39. The highest BCUT2D eigenvalue weighted by Gasteiger charge is 2.34. The molecule has 5 rings (SSSR count). The second-order valence-electron chi connectivity index (χ2n) is 10.5. The fraction of sp³-hybridized carbons (Fsp3) is 0.536. The van der Waals surface area contributed by atoms with Crippen molar-refractivity contribution in [3.05, 3.63) is 62.3 Å². The van der Waals surface area contributed by atoms with Crippen LogP contribution < -0.4 is 11.1 Å². The second-order valence-corrected chi connectivity index (χ2v) is 11.9. The lowest BCUT2D eigenvalue weighted by molar-refractivity contribution is -0.131. The van der Waals surface area contributed by atoms with Crippen molar-refractivity contribution in [2.45, 2.75) is 44.6 Å². The third-order valence-corrected chi connectivity index (χ3v) is 8.93. The molecule has 0 spiro atoms. The van der Waals surface area contributed by atoms with E-state index in [4.69, 9.17) is 22.3 Å². The van der Waals surface area contributed by atoms with E-state index < -0.39 is 0 Å². The molecule has 2 aliphatic heterocycles. The average molecular weight is 589 g/mol. The zero-order chi connectivity index (χ0) is 25.9. The van der Waals surface area contributed by atoms with Crippen molar-refractivity contribution in [3.63, 3.8) is 0 Å². The largest absolute Gasteiger partial charge is 0.356 e. The second kappa shape index (κ2) is 11.8. The van der Waals surface area contributed by atoms with E-state index in [1.54, 1.807) is 0 Å². The fourth-order valence-corrected chi connectivity index (χ4v) is 6.68. The molecule has 2 aromatic rings. The summed E-state index contributed by atoms with van der Waals surface area (Å²) in [5, 5.41) is 3.98. The first-order valence-corrected chi connectivity index (χ1v) is 14.5. The first-order chi connectivity index (χ1) is 17.9. The molecule has 2 amide bonds. The maximum atomic E-state index is 13.0. The zero-order valence-corrected chi connectivity index (χ0v) is 23.4. The maximum absolute atomic E-state index is 13.0. The van der Waals surface area contributed by atoms with E-state index in [2.05, 4.69) is 44.3 Å². The number of carbonyl (C=O) groups excluding carboxylic acids is 2. The smallest absolute Gasteiger partial charge is 0.236 e. The number of piperidine rings is 2. The summed E-state index contributed by atoms with van der Waals surface area (Å²) in [6.45, 7) is 3.92. The number of hydrogen-bond donors (Lipinski definition) is 2. The number of amides is 2. The number of aryl methyl sites for hydroxylation is 2. The first kappa shape index (κ1) is 26.6. The van der Waals surface area contributed by atoms with Crippen LogP contribution in [0.25, 0.3) is 0 Å². The van der Waals surface area contributed by atoms with E-state index in [0.29, 0.717) is 12.5 Å². The number of rotatable bonds is 5. The Hall–Kier alpha value is -2.00. The molecule has 0 saturated carbocycles. The Bertz CT molecular complexity index is 1090. The van der Waals surface area contributed by atoms with E-state index >= 15 is 0 Å². The molecule has 2 fully saturated rings. The number of nitrogens with two attached hydrogens (primary N) is 1. The van der Waals surface area contributed by atoms with Crippen LogP contribution in [0.3, 0.4) is 0 Å². The lowest BCUT2D eigenvalue weighted by atomic mass is 9.90. The van der Waals surface area contributed by atoms with Gasteiger partial charge in [-0.25, -0.2) is 0 Å². The molecule has 2 saturated heterocycles. The van der Waals surface area contributed by atoms with Gasteiger partial charge in [-0.1, -0.05) is 17.7 Å². The molecule has 7 nitrogen and oxygen atoms in total. The molecule has 0 bridgehead atoms. The third kappa shape index (κ3) is 6.03. The minimum Gasteiger partial charge on any atom is -0.356 e. The van der Waals surface area contributed by atoms with Crippen LogP contribution in [0, 0.1) is 11.8 Å². The number of halogens is 2. The number of likely N-dealkylation sites (tertiary alicyclic amines) is 2. The van der Waals surface area contributed by atoms with E-state index in [1.807, 2.05) is 17.2 Å². The van der Waals surface area contributed by atoms with E-state index in [9.17, 15) is 9.59 Å². The zero-order valence-electron chi connectivity index (χ0n) is 21.1. The highest BCUT2D eigenvalue weighted by atomic mass is 79.9. The van der Waals surface area contributed by atoms with Gasteiger partial charge in [0.2, 0.25) is 11.8 Å². The first-order valence-electron chi connectivity index (χ1n) is 13.3. The number of hydrogen-bond acceptors (Lipinski definition) is 5. The fourth-order valence-electron chi connectivity index (χ4n) is 6.11. The van der Waals surface area contributed by atoms with Crippen molar-refractivity contribution in [3.8, 4) is 0 Å². The number of pyridine rings is 1. The summed E-state index contributed by atoms with van der Waals surface area (Å²) < 4.78 is 1.00. The lowest BCUT2D eigenvalue weighted by Crippen LogP contribution is -2.46. The minimum atomic E-state index is 0.0130. The molecule has 0 radical (unpaired) electrons. The number of carbonyl (C=O) groups is 2. The van der Waals surface area contributed by atoms with Gasteiger partial charge < -0.3 is 16.0 Å². The Kier molecular flexibility index (Phi) is 8.49. The monoisotopic (exact) mass is 587 g/mol. The van der Waals surface area contributed by atoms with Crippen molar-refractivity contribution in [2.24, 2.45) is 17.6 Å². The molecule has 1 aliphatic carbocycles.